The molecule has 0 spiro atoms. The highest BCUT2D eigenvalue weighted by atomic mass is 79.9. The van der Waals surface area contributed by atoms with E-state index in [2.05, 4.69) is 100.0 Å². The highest BCUT2D eigenvalue weighted by molar-refractivity contribution is 9.10. The van der Waals surface area contributed by atoms with Gasteiger partial charge >= 0.3 is 0 Å². The second-order valence-corrected chi connectivity index (χ2v) is 27.7. The SMILES string of the molecule is C#Cc1cc(Cl)ccc1F.C=CC(=O)N1CC[C@H](n2nc(C#Cc3cc(Cl)ccc3F)c(C(N)=O)c2N)C1.C=CC(=O)N1CC[C@H](n2nc(C#Cc3cc(Cl)ccc3F)c(C(N)=O)c2N)C1.C[Si](C)(C)C#Cc1cc(Cl)ccc1F.Fc1ccc(Cl)cc1Br. The van der Waals surface area contributed by atoms with Crippen LogP contribution in [-0.2, 0) is 9.59 Å². The summed E-state index contributed by atoms with van der Waals surface area (Å²) in [6.45, 7) is 15.0. The molecule has 2 fully saturated rings. The van der Waals surface area contributed by atoms with Crippen molar-refractivity contribution in [3.8, 4) is 47.5 Å². The lowest BCUT2D eigenvalue weighted by Gasteiger charge is -2.15. The van der Waals surface area contributed by atoms with Crippen molar-refractivity contribution in [1.29, 1.82) is 0 Å². The van der Waals surface area contributed by atoms with E-state index in [-0.39, 0.29) is 86.4 Å². The number of halogens is 11. The van der Waals surface area contributed by atoms with Crippen LogP contribution in [0.3, 0.4) is 0 Å². The highest BCUT2D eigenvalue weighted by Crippen LogP contribution is 2.30. The summed E-state index contributed by atoms with van der Waals surface area (Å²) in [4.78, 5) is 50.5. The number of terminal acetylenes is 1. The lowest BCUT2D eigenvalue weighted by Crippen LogP contribution is -2.27. The molecule has 460 valence electrons. The topological polar surface area (TPSA) is 214 Å². The van der Waals surface area contributed by atoms with Crippen LogP contribution in [0, 0.1) is 76.6 Å². The molecule has 4 amide bonds. The first kappa shape index (κ1) is 71.3. The van der Waals surface area contributed by atoms with E-state index in [1.54, 1.807) is 15.9 Å². The Morgan fingerprint density at radius 1 is 0.562 bits per heavy atom. The number of amides is 4. The summed E-state index contributed by atoms with van der Waals surface area (Å²) in [5.41, 5.74) is 26.8. The van der Waals surface area contributed by atoms with Gasteiger partial charge in [0.15, 0.2) is 11.4 Å². The minimum Gasteiger partial charge on any atom is -0.383 e. The van der Waals surface area contributed by atoms with Crippen LogP contribution in [0.25, 0.3) is 0 Å². The van der Waals surface area contributed by atoms with Gasteiger partial charge in [-0.15, -0.1) is 12.0 Å². The van der Waals surface area contributed by atoms with Crippen LogP contribution in [0.2, 0.25) is 44.8 Å². The molecule has 0 saturated carbocycles. The van der Waals surface area contributed by atoms with E-state index in [9.17, 15) is 41.1 Å². The van der Waals surface area contributed by atoms with Crippen molar-refractivity contribution in [2.75, 3.05) is 37.6 Å². The van der Waals surface area contributed by atoms with Gasteiger partial charge in [0.25, 0.3) is 11.8 Å². The molecule has 2 aliphatic heterocycles. The summed E-state index contributed by atoms with van der Waals surface area (Å²) in [5.74, 6) is 11.6. The van der Waals surface area contributed by atoms with Crippen molar-refractivity contribution >= 4 is 117 Å². The normalized spacial score (nSPS) is 13.6. The third-order valence-corrected chi connectivity index (χ3v) is 15.0. The molecular formula is C63H53BrCl5F5N10O4Si. The Labute approximate surface area is 545 Å². The number of benzene rings is 5. The standard InChI is InChI=1S/2C19H17ClFN5O2.C11H12ClFSi.C8H4ClF.C6H3BrClF/c2*1-2-16(27)25-8-7-13(10-25)26-18(22)17(19(23)28)15(24-26)6-3-11-9-12(20)4-5-14(11)21;1-14(2,3)7-6-9-8-10(12)4-5-11(9)13;1-2-6-5-7(9)3-4-8(6)10;7-5-3-4(8)1-2-6(5)9/h2*2,4-5,9,13H,1,7-8,10,22H2,(H2,23,28);4-5,8H,1-3H3;1,3-5H;1-3H/t2*13-;;;/m00.../s1. The first-order valence-electron chi connectivity index (χ1n) is 26.1. The van der Waals surface area contributed by atoms with Crippen molar-refractivity contribution in [2.24, 2.45) is 11.5 Å². The second-order valence-electron chi connectivity index (χ2n) is 19.9. The van der Waals surface area contributed by atoms with Crippen LogP contribution in [0.1, 0.15) is 79.3 Å². The third-order valence-electron chi connectivity index (χ3n) is 12.3. The number of anilines is 2. The largest absolute Gasteiger partial charge is 0.383 e. The molecule has 9 rings (SSSR count). The number of rotatable bonds is 6. The predicted molar refractivity (Wildman–Crippen MR) is 346 cm³/mol. The smallest absolute Gasteiger partial charge is 0.255 e. The zero-order chi connectivity index (χ0) is 66.0. The molecule has 0 aliphatic carbocycles. The second kappa shape index (κ2) is 32.7. The fraction of sp³-hybridized carbons (Fsp3) is 0.175. The van der Waals surface area contributed by atoms with Crippen LogP contribution in [0.4, 0.5) is 33.6 Å². The number of carbonyl (C=O) groups excluding carboxylic acids is 4. The van der Waals surface area contributed by atoms with E-state index < -0.39 is 37.3 Å². The number of hydrogen-bond donors (Lipinski definition) is 4. The number of nitrogens with zero attached hydrogens (tertiary/aromatic N) is 6. The van der Waals surface area contributed by atoms with Crippen molar-refractivity contribution < 1.29 is 41.1 Å². The first-order valence-corrected chi connectivity index (χ1v) is 32.3. The molecule has 0 unspecified atom stereocenters. The van der Waals surface area contributed by atoms with Crippen molar-refractivity contribution in [2.45, 2.75) is 44.6 Å². The van der Waals surface area contributed by atoms with Gasteiger partial charge in [0.2, 0.25) is 11.8 Å². The highest BCUT2D eigenvalue weighted by Gasteiger charge is 2.32. The summed E-state index contributed by atoms with van der Waals surface area (Å²) in [7, 11) is -1.45. The molecule has 8 N–H and O–H groups in total. The van der Waals surface area contributed by atoms with E-state index in [4.69, 9.17) is 87.4 Å². The van der Waals surface area contributed by atoms with Gasteiger partial charge in [-0.2, -0.15) is 10.2 Å². The van der Waals surface area contributed by atoms with Crippen LogP contribution >= 0.6 is 73.9 Å². The summed E-state index contributed by atoms with van der Waals surface area (Å²) >= 11 is 31.5. The Bertz CT molecular complexity index is 3950. The van der Waals surface area contributed by atoms with Gasteiger partial charge < -0.3 is 32.7 Å². The average Bonchev–Trinajstić information content (AvgIpc) is 1.85. The number of hydrogen-bond acceptors (Lipinski definition) is 8. The molecule has 2 aliphatic rings. The molecule has 5 aromatic carbocycles. The van der Waals surface area contributed by atoms with Crippen LogP contribution in [0.15, 0.2) is 121 Å². The van der Waals surface area contributed by atoms with Crippen molar-refractivity contribution in [3.63, 3.8) is 0 Å². The maximum Gasteiger partial charge on any atom is 0.255 e. The molecule has 2 atom stereocenters. The van der Waals surface area contributed by atoms with Crippen LogP contribution in [0.5, 0.6) is 0 Å². The molecule has 89 heavy (non-hydrogen) atoms. The molecule has 0 radical (unpaired) electrons. The number of aromatic nitrogens is 4. The van der Waals surface area contributed by atoms with E-state index in [1.807, 2.05) is 0 Å². The van der Waals surface area contributed by atoms with E-state index in [0.717, 1.165) is 0 Å². The molecule has 0 bridgehead atoms. The summed E-state index contributed by atoms with van der Waals surface area (Å²) in [6.07, 6.45) is 8.64. The van der Waals surface area contributed by atoms with Crippen molar-refractivity contribution in [1.82, 2.24) is 29.4 Å². The van der Waals surface area contributed by atoms with Gasteiger partial charge in [0.1, 0.15) is 59.9 Å². The minimum absolute atomic E-state index is 0.0385. The summed E-state index contributed by atoms with van der Waals surface area (Å²) < 4.78 is 69.2. The van der Waals surface area contributed by atoms with E-state index in [1.165, 1.54) is 106 Å². The number of likely N-dealkylation sites (tertiary alicyclic amines) is 2. The molecule has 26 heteroatoms. The Hall–Kier alpha value is -8.48. The van der Waals surface area contributed by atoms with Gasteiger partial charge in [-0.25, -0.2) is 31.3 Å². The number of primary amides is 2. The zero-order valence-electron chi connectivity index (χ0n) is 47.5. The monoisotopic (exact) mass is 1390 g/mol. The quantitative estimate of drug-likeness (QED) is 0.0412. The number of carbonyl (C=O) groups is 4. The van der Waals surface area contributed by atoms with Crippen LogP contribution in [-0.4, -0.2) is 87.2 Å². The Balaban J connectivity index is 0.000000218. The van der Waals surface area contributed by atoms with Gasteiger partial charge in [0.05, 0.1) is 38.8 Å². The first-order chi connectivity index (χ1) is 41.9. The Morgan fingerprint density at radius 2 is 0.888 bits per heavy atom. The molecular weight excluding hydrogens is 1340 g/mol. The summed E-state index contributed by atoms with van der Waals surface area (Å²) in [5, 5.41) is 10.7. The molecule has 14 nitrogen and oxygen atoms in total. The van der Waals surface area contributed by atoms with E-state index >= 15 is 0 Å². The number of nitrogens with two attached hydrogens (primary N) is 4. The maximum absolute atomic E-state index is 13.9. The molecule has 4 heterocycles. The van der Waals surface area contributed by atoms with Gasteiger partial charge in [0, 0.05) is 51.3 Å². The molecule has 2 aromatic heterocycles. The minimum atomic E-state index is -1.45. The fourth-order valence-electron chi connectivity index (χ4n) is 8.02. The lowest BCUT2D eigenvalue weighted by molar-refractivity contribution is -0.125. The van der Waals surface area contributed by atoms with Crippen molar-refractivity contribution in [3.05, 3.63) is 220 Å². The van der Waals surface area contributed by atoms with Crippen LogP contribution < -0.4 is 22.9 Å². The van der Waals surface area contributed by atoms with E-state index in [0.29, 0.717) is 74.2 Å². The Kier molecular flexibility index (Phi) is 26.2. The summed E-state index contributed by atoms with van der Waals surface area (Å²) in [6, 6.07) is 20.3. The fourth-order valence-corrected chi connectivity index (χ4v) is 9.90. The maximum atomic E-state index is 13.9. The predicted octanol–water partition coefficient (Wildman–Crippen LogP) is 12.8. The zero-order valence-corrected chi connectivity index (χ0v) is 53.9. The third kappa shape index (κ3) is 20.5. The average molecular weight is 1390 g/mol. The van der Waals surface area contributed by atoms with Gasteiger partial charge in [-0.1, -0.05) is 114 Å². The number of nitrogen functional groups attached to an aromatic ring is 2. The molecule has 7 aromatic rings. The van der Waals surface area contributed by atoms with Gasteiger partial charge in [-0.3, -0.25) is 19.2 Å². The Morgan fingerprint density at radius 3 is 1.19 bits per heavy atom. The van der Waals surface area contributed by atoms with Gasteiger partial charge in [-0.05, 0) is 144 Å². The molecule has 2 saturated heterocycles. The lowest BCUT2D eigenvalue weighted by atomic mass is 10.1.